The van der Waals surface area contributed by atoms with Crippen LogP contribution in [-0.4, -0.2) is 21.5 Å². The molecule has 3 rings (SSSR count). The molecule has 0 saturated carbocycles. The van der Waals surface area contributed by atoms with Gasteiger partial charge in [0.2, 0.25) is 0 Å². The van der Waals surface area contributed by atoms with Crippen LogP contribution < -0.4 is 5.32 Å². The molecule has 0 aliphatic carbocycles. The fourth-order valence-corrected chi connectivity index (χ4v) is 2.38. The lowest BCUT2D eigenvalue weighted by Crippen LogP contribution is -2.22. The standard InChI is InChI=1S/C16H15FN4/c1-2-19-16(12-7-13(17)10-18-9-12)11-3-4-14-15(8-11)21-6-5-20-14/h3-10,16,19H,2H2,1H3. The molecule has 5 heteroatoms. The maximum atomic E-state index is 13.4. The van der Waals surface area contributed by atoms with Crippen molar-refractivity contribution in [1.82, 2.24) is 20.3 Å². The number of rotatable bonds is 4. The van der Waals surface area contributed by atoms with Crippen LogP contribution in [0.1, 0.15) is 24.1 Å². The SMILES string of the molecule is CCNC(c1cncc(F)c1)c1ccc2nccnc2c1. The van der Waals surface area contributed by atoms with Crippen LogP contribution in [0.15, 0.2) is 49.1 Å². The van der Waals surface area contributed by atoms with Crippen LogP contribution in [0.4, 0.5) is 4.39 Å². The fraction of sp³-hybridized carbons (Fsp3) is 0.188. The van der Waals surface area contributed by atoms with Gasteiger partial charge in [-0.1, -0.05) is 13.0 Å². The fourth-order valence-electron chi connectivity index (χ4n) is 2.38. The largest absolute Gasteiger partial charge is 0.306 e. The van der Waals surface area contributed by atoms with Crippen molar-refractivity contribution in [3.63, 3.8) is 0 Å². The molecule has 1 atom stereocenters. The molecule has 2 aromatic heterocycles. The summed E-state index contributed by atoms with van der Waals surface area (Å²) in [6.07, 6.45) is 6.22. The number of halogens is 1. The molecule has 0 saturated heterocycles. The zero-order valence-electron chi connectivity index (χ0n) is 11.6. The minimum atomic E-state index is -0.337. The van der Waals surface area contributed by atoms with E-state index in [1.165, 1.54) is 12.3 Å². The van der Waals surface area contributed by atoms with E-state index in [-0.39, 0.29) is 11.9 Å². The molecule has 0 aliphatic rings. The van der Waals surface area contributed by atoms with Gasteiger partial charge in [-0.2, -0.15) is 0 Å². The molecule has 3 aromatic rings. The second-order valence-corrected chi connectivity index (χ2v) is 4.73. The lowest BCUT2D eigenvalue weighted by molar-refractivity contribution is 0.596. The van der Waals surface area contributed by atoms with Crippen molar-refractivity contribution < 1.29 is 4.39 Å². The normalized spacial score (nSPS) is 12.5. The second-order valence-electron chi connectivity index (χ2n) is 4.73. The quantitative estimate of drug-likeness (QED) is 0.799. The molecule has 1 unspecified atom stereocenters. The topological polar surface area (TPSA) is 50.7 Å². The number of hydrogen-bond donors (Lipinski definition) is 1. The molecule has 106 valence electrons. The molecule has 4 nitrogen and oxygen atoms in total. The first-order valence-electron chi connectivity index (χ1n) is 6.82. The summed E-state index contributed by atoms with van der Waals surface area (Å²) >= 11 is 0. The average molecular weight is 282 g/mol. The predicted octanol–water partition coefficient (Wildman–Crippen LogP) is 2.86. The van der Waals surface area contributed by atoms with E-state index in [1.54, 1.807) is 18.6 Å². The van der Waals surface area contributed by atoms with Gasteiger partial charge < -0.3 is 5.32 Å². The Kier molecular flexibility index (Phi) is 3.83. The van der Waals surface area contributed by atoms with Crippen LogP contribution in [0.2, 0.25) is 0 Å². The number of hydrogen-bond acceptors (Lipinski definition) is 4. The predicted molar refractivity (Wildman–Crippen MR) is 79.3 cm³/mol. The summed E-state index contributed by atoms with van der Waals surface area (Å²) in [6, 6.07) is 7.26. The van der Waals surface area contributed by atoms with Crippen molar-refractivity contribution in [3.8, 4) is 0 Å². The Labute approximate surface area is 122 Å². The van der Waals surface area contributed by atoms with E-state index in [1.807, 2.05) is 25.1 Å². The maximum absolute atomic E-state index is 13.4. The number of benzene rings is 1. The second kappa shape index (κ2) is 5.93. The highest BCUT2D eigenvalue weighted by atomic mass is 19.1. The molecular formula is C16H15FN4. The van der Waals surface area contributed by atoms with Gasteiger partial charge in [0.05, 0.1) is 23.3 Å². The average Bonchev–Trinajstić information content (AvgIpc) is 2.52. The molecular weight excluding hydrogens is 267 g/mol. The van der Waals surface area contributed by atoms with Crippen LogP contribution in [-0.2, 0) is 0 Å². The first-order chi connectivity index (χ1) is 10.3. The van der Waals surface area contributed by atoms with Gasteiger partial charge in [-0.15, -0.1) is 0 Å². The van der Waals surface area contributed by atoms with Crippen molar-refractivity contribution in [3.05, 3.63) is 66.0 Å². The Hall–Kier alpha value is -2.40. The first kappa shape index (κ1) is 13.6. The van der Waals surface area contributed by atoms with Crippen molar-refractivity contribution in [2.75, 3.05) is 6.54 Å². The van der Waals surface area contributed by atoms with Gasteiger partial charge in [0, 0.05) is 18.6 Å². The van der Waals surface area contributed by atoms with Gasteiger partial charge in [0.15, 0.2) is 0 Å². The zero-order valence-corrected chi connectivity index (χ0v) is 11.6. The molecule has 1 N–H and O–H groups in total. The van der Waals surface area contributed by atoms with Gasteiger partial charge >= 0.3 is 0 Å². The van der Waals surface area contributed by atoms with Gasteiger partial charge in [0.1, 0.15) is 5.82 Å². The monoisotopic (exact) mass is 282 g/mol. The minimum Gasteiger partial charge on any atom is -0.306 e. The van der Waals surface area contributed by atoms with Crippen LogP contribution in [0.3, 0.4) is 0 Å². The smallest absolute Gasteiger partial charge is 0.141 e. The molecule has 0 radical (unpaired) electrons. The molecule has 0 amide bonds. The van der Waals surface area contributed by atoms with E-state index in [0.717, 1.165) is 28.7 Å². The minimum absolute atomic E-state index is 0.121. The van der Waals surface area contributed by atoms with Gasteiger partial charge in [-0.05, 0) is 35.9 Å². The Morgan fingerprint density at radius 2 is 1.86 bits per heavy atom. The Morgan fingerprint density at radius 1 is 1.05 bits per heavy atom. The summed E-state index contributed by atoms with van der Waals surface area (Å²) in [7, 11) is 0. The lowest BCUT2D eigenvalue weighted by atomic mass is 9.99. The Balaban J connectivity index is 2.06. The highest BCUT2D eigenvalue weighted by Gasteiger charge is 2.15. The summed E-state index contributed by atoms with van der Waals surface area (Å²) in [4.78, 5) is 12.5. The third kappa shape index (κ3) is 2.87. The molecule has 1 aromatic carbocycles. The number of pyridine rings is 1. The van der Waals surface area contributed by atoms with E-state index in [2.05, 4.69) is 20.3 Å². The van der Waals surface area contributed by atoms with E-state index < -0.39 is 0 Å². The van der Waals surface area contributed by atoms with Crippen molar-refractivity contribution in [2.45, 2.75) is 13.0 Å². The first-order valence-corrected chi connectivity index (χ1v) is 6.82. The third-order valence-electron chi connectivity index (χ3n) is 3.29. The van der Waals surface area contributed by atoms with Crippen LogP contribution >= 0.6 is 0 Å². The molecule has 21 heavy (non-hydrogen) atoms. The molecule has 0 aliphatic heterocycles. The number of nitrogens with zero attached hydrogens (tertiary/aromatic N) is 3. The van der Waals surface area contributed by atoms with E-state index in [9.17, 15) is 4.39 Å². The van der Waals surface area contributed by atoms with E-state index >= 15 is 0 Å². The van der Waals surface area contributed by atoms with Gasteiger partial charge in [0.25, 0.3) is 0 Å². The molecule has 0 spiro atoms. The van der Waals surface area contributed by atoms with Crippen molar-refractivity contribution in [2.24, 2.45) is 0 Å². The summed E-state index contributed by atoms with van der Waals surface area (Å²) < 4.78 is 13.4. The summed E-state index contributed by atoms with van der Waals surface area (Å²) in [5.74, 6) is -0.337. The third-order valence-corrected chi connectivity index (χ3v) is 3.29. The number of aromatic nitrogens is 3. The van der Waals surface area contributed by atoms with Crippen LogP contribution in [0.25, 0.3) is 11.0 Å². The summed E-state index contributed by atoms with van der Waals surface area (Å²) in [5.41, 5.74) is 3.47. The van der Waals surface area contributed by atoms with Gasteiger partial charge in [-0.3, -0.25) is 15.0 Å². The van der Waals surface area contributed by atoms with Gasteiger partial charge in [-0.25, -0.2) is 4.39 Å². The number of fused-ring (bicyclic) bond motifs is 1. The van der Waals surface area contributed by atoms with Crippen molar-refractivity contribution in [1.29, 1.82) is 0 Å². The molecule has 2 heterocycles. The van der Waals surface area contributed by atoms with Crippen LogP contribution in [0, 0.1) is 5.82 Å². The number of nitrogens with one attached hydrogen (secondary N) is 1. The molecule has 0 fully saturated rings. The summed E-state index contributed by atoms with van der Waals surface area (Å²) in [6.45, 7) is 2.78. The molecule has 0 bridgehead atoms. The maximum Gasteiger partial charge on any atom is 0.141 e. The lowest BCUT2D eigenvalue weighted by Gasteiger charge is -2.19. The highest BCUT2D eigenvalue weighted by Crippen LogP contribution is 2.24. The highest BCUT2D eigenvalue weighted by molar-refractivity contribution is 5.74. The van der Waals surface area contributed by atoms with E-state index in [0.29, 0.717) is 0 Å². The Morgan fingerprint density at radius 3 is 2.62 bits per heavy atom. The zero-order chi connectivity index (χ0) is 14.7. The van der Waals surface area contributed by atoms with E-state index in [4.69, 9.17) is 0 Å². The van der Waals surface area contributed by atoms with Crippen LogP contribution in [0.5, 0.6) is 0 Å². The van der Waals surface area contributed by atoms with Crippen molar-refractivity contribution >= 4 is 11.0 Å². The Bertz CT molecular complexity index is 760. The summed E-state index contributed by atoms with van der Waals surface area (Å²) in [5, 5.41) is 3.35.